The summed E-state index contributed by atoms with van der Waals surface area (Å²) in [7, 11) is 1.98. The predicted octanol–water partition coefficient (Wildman–Crippen LogP) is 3.91. The molecule has 1 atom stereocenters. The van der Waals surface area contributed by atoms with Crippen LogP contribution in [0.3, 0.4) is 0 Å². The number of hydrogen-bond acceptors (Lipinski definition) is 7. The Morgan fingerprint density at radius 3 is 2.79 bits per heavy atom. The van der Waals surface area contributed by atoms with Gasteiger partial charge in [-0.1, -0.05) is 36.4 Å². The summed E-state index contributed by atoms with van der Waals surface area (Å²) in [4.78, 5) is 31.3. The fourth-order valence-corrected chi connectivity index (χ4v) is 4.45. The molecular weight excluding hydrogens is 428 g/mol. The highest BCUT2D eigenvalue weighted by Crippen LogP contribution is 2.37. The van der Waals surface area contributed by atoms with Crippen LogP contribution in [0.2, 0.25) is 0 Å². The van der Waals surface area contributed by atoms with Crippen molar-refractivity contribution in [2.75, 3.05) is 23.8 Å². The van der Waals surface area contributed by atoms with E-state index in [4.69, 9.17) is 14.7 Å². The first-order valence-electron chi connectivity index (χ1n) is 11.7. The van der Waals surface area contributed by atoms with Crippen molar-refractivity contribution in [2.24, 2.45) is 0 Å². The molecule has 3 heterocycles. The third kappa shape index (κ3) is 4.12. The van der Waals surface area contributed by atoms with Gasteiger partial charge in [0.05, 0.1) is 30.9 Å². The number of nitrogens with zero attached hydrogens (tertiary/aromatic N) is 4. The summed E-state index contributed by atoms with van der Waals surface area (Å²) in [5.41, 5.74) is 3.91. The van der Waals surface area contributed by atoms with E-state index in [2.05, 4.69) is 27.4 Å². The van der Waals surface area contributed by atoms with E-state index in [1.807, 2.05) is 48.3 Å². The molecule has 8 heteroatoms. The molecule has 0 amide bonds. The van der Waals surface area contributed by atoms with Gasteiger partial charge in [-0.2, -0.15) is 4.98 Å². The van der Waals surface area contributed by atoms with Gasteiger partial charge in [-0.25, -0.2) is 9.97 Å². The fraction of sp³-hybridized carbons (Fsp3) is 0.308. The number of likely N-dealkylation sites (N-methyl/N-ethyl adjacent to an activating group) is 1. The molecule has 2 aromatic heterocycles. The number of fused-ring (bicyclic) bond motifs is 2. The lowest BCUT2D eigenvalue weighted by Gasteiger charge is -2.22. The summed E-state index contributed by atoms with van der Waals surface area (Å²) in [6.07, 6.45) is 2.15. The second-order valence-electron chi connectivity index (χ2n) is 9.02. The van der Waals surface area contributed by atoms with Gasteiger partial charge in [0.25, 0.3) is 5.56 Å². The lowest BCUT2D eigenvalue weighted by Crippen LogP contribution is -2.26. The number of para-hydroxylation sites is 1. The van der Waals surface area contributed by atoms with Crippen molar-refractivity contribution in [2.45, 2.75) is 38.0 Å². The Kier molecular flexibility index (Phi) is 5.22. The fourth-order valence-electron chi connectivity index (χ4n) is 4.45. The molecule has 8 nitrogen and oxygen atoms in total. The van der Waals surface area contributed by atoms with Crippen molar-refractivity contribution in [1.29, 1.82) is 0 Å². The van der Waals surface area contributed by atoms with Crippen LogP contribution in [0.15, 0.2) is 59.4 Å². The van der Waals surface area contributed by atoms with Crippen molar-refractivity contribution >= 4 is 22.7 Å². The van der Waals surface area contributed by atoms with Gasteiger partial charge in [0, 0.05) is 24.4 Å². The van der Waals surface area contributed by atoms with Gasteiger partial charge in [0.1, 0.15) is 17.7 Å². The van der Waals surface area contributed by atoms with Crippen molar-refractivity contribution in [3.05, 3.63) is 87.6 Å². The highest BCUT2D eigenvalue weighted by Gasteiger charge is 2.27. The molecule has 4 aromatic rings. The Labute approximate surface area is 197 Å². The number of ether oxygens (including phenoxy) is 1. The van der Waals surface area contributed by atoms with Crippen molar-refractivity contribution < 1.29 is 4.74 Å². The van der Waals surface area contributed by atoms with Crippen LogP contribution in [0.25, 0.3) is 10.9 Å². The molecule has 34 heavy (non-hydrogen) atoms. The molecule has 1 fully saturated rings. The van der Waals surface area contributed by atoms with Gasteiger partial charge in [-0.15, -0.1) is 0 Å². The molecular formula is C26H26N6O2. The van der Waals surface area contributed by atoms with E-state index in [0.29, 0.717) is 37.3 Å². The van der Waals surface area contributed by atoms with Crippen LogP contribution in [0.5, 0.6) is 0 Å². The second-order valence-corrected chi connectivity index (χ2v) is 9.02. The predicted molar refractivity (Wildman–Crippen MR) is 131 cm³/mol. The number of hydrogen-bond donors (Lipinski definition) is 2. The molecule has 1 aliphatic carbocycles. The first-order chi connectivity index (χ1) is 16.6. The smallest absolute Gasteiger partial charge is 0.251 e. The molecule has 2 aromatic carbocycles. The molecule has 172 valence electrons. The Morgan fingerprint density at radius 1 is 1.09 bits per heavy atom. The molecule has 2 aliphatic rings. The minimum absolute atomic E-state index is 0.0197. The zero-order valence-electron chi connectivity index (χ0n) is 19.0. The zero-order valence-corrected chi connectivity index (χ0v) is 19.0. The molecule has 1 saturated carbocycles. The maximum absolute atomic E-state index is 12.1. The minimum atomic E-state index is -0.112. The minimum Gasteiger partial charge on any atom is -0.367 e. The number of benzene rings is 2. The average Bonchev–Trinajstić information content (AvgIpc) is 3.64. The summed E-state index contributed by atoms with van der Waals surface area (Å²) >= 11 is 0. The topological polar surface area (TPSA) is 96.0 Å². The van der Waals surface area contributed by atoms with Crippen LogP contribution in [0.4, 0.5) is 11.8 Å². The molecule has 0 radical (unpaired) electrons. The Hall–Kier alpha value is -3.78. The average molecular weight is 455 g/mol. The third-order valence-corrected chi connectivity index (χ3v) is 6.43. The standard InChI is InChI=1S/C26H26N6O2/c1-32(14-22-19-7-3-2-6-17(19)15-34-22)26-29-21-9-5-4-8-20(21)25(31-26)27-13-18-12-23(33)30-24(28-18)16-10-11-16/h2-9,12,16,22H,10-11,13-15H2,1H3,(H,27,29,31)(H,28,30,33). The number of aromatic amines is 1. The normalized spacial score (nSPS) is 17.0. The second kappa shape index (κ2) is 8.53. The number of rotatable bonds is 7. The molecule has 1 unspecified atom stereocenters. The maximum atomic E-state index is 12.1. The van der Waals surface area contributed by atoms with E-state index in [-0.39, 0.29) is 11.7 Å². The Bertz CT molecular complexity index is 1410. The molecule has 1 aliphatic heterocycles. The monoisotopic (exact) mass is 454 g/mol. The summed E-state index contributed by atoms with van der Waals surface area (Å²) in [6, 6.07) is 17.8. The first-order valence-corrected chi connectivity index (χ1v) is 11.7. The van der Waals surface area contributed by atoms with Gasteiger partial charge in [-0.05, 0) is 36.1 Å². The quantitative estimate of drug-likeness (QED) is 0.437. The van der Waals surface area contributed by atoms with Crippen molar-refractivity contribution in [3.8, 4) is 0 Å². The maximum Gasteiger partial charge on any atom is 0.251 e. The summed E-state index contributed by atoms with van der Waals surface area (Å²) in [5.74, 6) is 2.51. The van der Waals surface area contributed by atoms with Crippen LogP contribution in [0, 0.1) is 0 Å². The van der Waals surface area contributed by atoms with Gasteiger partial charge in [0.2, 0.25) is 5.95 Å². The largest absolute Gasteiger partial charge is 0.367 e. The van der Waals surface area contributed by atoms with E-state index in [0.717, 1.165) is 35.4 Å². The number of H-pyrrole nitrogens is 1. The Morgan fingerprint density at radius 2 is 1.91 bits per heavy atom. The SMILES string of the molecule is CN(CC1OCc2ccccc21)c1nc(NCc2cc(=O)[nH]c(C3CC3)n2)c2ccccc2n1. The van der Waals surface area contributed by atoms with Crippen molar-refractivity contribution in [1.82, 2.24) is 19.9 Å². The van der Waals surface area contributed by atoms with E-state index in [1.165, 1.54) is 11.1 Å². The van der Waals surface area contributed by atoms with Crippen LogP contribution < -0.4 is 15.8 Å². The molecule has 6 rings (SSSR count). The van der Waals surface area contributed by atoms with Crippen LogP contribution in [0.1, 0.15) is 47.5 Å². The van der Waals surface area contributed by atoms with E-state index in [9.17, 15) is 4.79 Å². The van der Waals surface area contributed by atoms with E-state index >= 15 is 0 Å². The van der Waals surface area contributed by atoms with Gasteiger partial charge in [-0.3, -0.25) is 4.79 Å². The highest BCUT2D eigenvalue weighted by atomic mass is 16.5. The Balaban J connectivity index is 1.26. The highest BCUT2D eigenvalue weighted by molar-refractivity contribution is 5.90. The van der Waals surface area contributed by atoms with Crippen molar-refractivity contribution in [3.63, 3.8) is 0 Å². The summed E-state index contributed by atoms with van der Waals surface area (Å²) in [5, 5.41) is 4.32. The third-order valence-electron chi connectivity index (χ3n) is 6.43. The van der Waals surface area contributed by atoms with E-state index < -0.39 is 0 Å². The van der Waals surface area contributed by atoms with Crippen LogP contribution >= 0.6 is 0 Å². The zero-order chi connectivity index (χ0) is 23.1. The lowest BCUT2D eigenvalue weighted by atomic mass is 10.1. The van der Waals surface area contributed by atoms with Gasteiger partial charge in [0.15, 0.2) is 0 Å². The van der Waals surface area contributed by atoms with Crippen LogP contribution in [-0.4, -0.2) is 33.5 Å². The molecule has 0 bridgehead atoms. The number of nitrogens with one attached hydrogen (secondary N) is 2. The number of aromatic nitrogens is 4. The molecule has 0 spiro atoms. The first kappa shape index (κ1) is 20.8. The van der Waals surface area contributed by atoms with Gasteiger partial charge < -0.3 is 19.9 Å². The molecule has 0 saturated heterocycles. The summed E-state index contributed by atoms with van der Waals surface area (Å²) in [6.45, 7) is 1.69. The summed E-state index contributed by atoms with van der Waals surface area (Å²) < 4.78 is 6.03. The van der Waals surface area contributed by atoms with Crippen LogP contribution in [-0.2, 0) is 17.9 Å². The van der Waals surface area contributed by atoms with E-state index in [1.54, 1.807) is 6.07 Å². The van der Waals surface area contributed by atoms with Gasteiger partial charge >= 0.3 is 0 Å². The lowest BCUT2D eigenvalue weighted by molar-refractivity contribution is 0.0714. The molecule has 2 N–H and O–H groups in total. The number of anilines is 2.